The molecule has 1 amide bonds. The third-order valence-corrected chi connectivity index (χ3v) is 3.84. The Morgan fingerprint density at radius 1 is 1.20 bits per heavy atom. The average Bonchev–Trinajstić information content (AvgIpc) is 2.48. The molecule has 1 heterocycles. The van der Waals surface area contributed by atoms with Crippen LogP contribution in [0, 0.1) is 0 Å². The van der Waals surface area contributed by atoms with E-state index < -0.39 is 0 Å². The van der Waals surface area contributed by atoms with E-state index in [9.17, 15) is 4.79 Å². The van der Waals surface area contributed by atoms with Crippen molar-refractivity contribution in [1.29, 1.82) is 0 Å². The van der Waals surface area contributed by atoms with Gasteiger partial charge in [-0.2, -0.15) is 0 Å². The molecule has 2 N–H and O–H groups in total. The highest BCUT2D eigenvalue weighted by Crippen LogP contribution is 2.16. The Balaban J connectivity index is 1.64. The second-order valence-electron chi connectivity index (χ2n) is 5.47. The second-order valence-corrected chi connectivity index (χ2v) is 5.47. The fourth-order valence-electron chi connectivity index (χ4n) is 2.79. The first-order valence-electron chi connectivity index (χ1n) is 7.29. The fourth-order valence-corrected chi connectivity index (χ4v) is 2.79. The van der Waals surface area contributed by atoms with Crippen LogP contribution in [0.2, 0.25) is 0 Å². The number of benzene rings is 2. The van der Waals surface area contributed by atoms with E-state index in [2.05, 4.69) is 34.9 Å². The molecule has 0 bridgehead atoms. The Morgan fingerprint density at radius 2 is 2.05 bits per heavy atom. The van der Waals surface area contributed by atoms with Crippen molar-refractivity contribution >= 4 is 16.7 Å². The number of fused-ring (bicyclic) bond motifs is 1. The van der Waals surface area contributed by atoms with Crippen molar-refractivity contribution in [3.8, 4) is 0 Å². The van der Waals surface area contributed by atoms with Gasteiger partial charge < -0.3 is 10.6 Å². The first-order chi connectivity index (χ1) is 9.81. The van der Waals surface area contributed by atoms with Gasteiger partial charge in [-0.05, 0) is 35.7 Å². The number of rotatable bonds is 3. The predicted octanol–water partition coefficient (Wildman–Crippen LogP) is 2.25. The highest BCUT2D eigenvalue weighted by atomic mass is 16.1. The number of hydrogen-bond acceptors (Lipinski definition) is 2. The summed E-state index contributed by atoms with van der Waals surface area (Å²) in [6, 6.07) is 14.8. The van der Waals surface area contributed by atoms with Crippen LogP contribution >= 0.6 is 0 Å². The van der Waals surface area contributed by atoms with Crippen LogP contribution in [0.3, 0.4) is 0 Å². The van der Waals surface area contributed by atoms with Crippen molar-refractivity contribution < 1.29 is 4.79 Å². The number of amides is 1. The summed E-state index contributed by atoms with van der Waals surface area (Å²) in [5, 5.41) is 8.84. The summed E-state index contributed by atoms with van der Waals surface area (Å²) < 4.78 is 0. The summed E-state index contributed by atoms with van der Waals surface area (Å²) in [6.45, 7) is 1.96. The Morgan fingerprint density at radius 3 is 2.85 bits per heavy atom. The number of hydrogen-bond donors (Lipinski definition) is 2. The lowest BCUT2D eigenvalue weighted by Crippen LogP contribution is -2.46. The van der Waals surface area contributed by atoms with E-state index in [4.69, 9.17) is 0 Å². The van der Waals surface area contributed by atoms with Gasteiger partial charge in [0, 0.05) is 12.6 Å². The molecule has 1 aliphatic heterocycles. The van der Waals surface area contributed by atoms with E-state index in [1.165, 1.54) is 10.8 Å². The standard InChI is InChI=1S/C17H20N2O/c20-17(19-16-6-3-9-18-12-16)11-13-7-8-14-4-1-2-5-15(14)10-13/h1-2,4-5,7-8,10,16,18H,3,6,9,11-12H2,(H,19,20)/t16-/m0/s1. The van der Waals surface area contributed by atoms with Crippen LogP contribution in [0.5, 0.6) is 0 Å². The van der Waals surface area contributed by atoms with Crippen LogP contribution in [-0.2, 0) is 11.2 Å². The van der Waals surface area contributed by atoms with Gasteiger partial charge in [-0.3, -0.25) is 4.79 Å². The van der Waals surface area contributed by atoms with Crippen LogP contribution in [0.1, 0.15) is 18.4 Å². The Bertz CT molecular complexity index is 603. The molecule has 3 heteroatoms. The number of carbonyl (C=O) groups is 1. The molecular weight excluding hydrogens is 248 g/mol. The van der Waals surface area contributed by atoms with E-state index in [1.807, 2.05) is 18.2 Å². The average molecular weight is 268 g/mol. The third-order valence-electron chi connectivity index (χ3n) is 3.84. The minimum Gasteiger partial charge on any atom is -0.352 e. The molecule has 0 unspecified atom stereocenters. The highest BCUT2D eigenvalue weighted by molar-refractivity contribution is 5.85. The molecule has 0 radical (unpaired) electrons. The van der Waals surface area contributed by atoms with Gasteiger partial charge in [-0.1, -0.05) is 42.5 Å². The molecular formula is C17H20N2O. The fraction of sp³-hybridized carbons (Fsp3) is 0.353. The molecule has 0 saturated carbocycles. The van der Waals surface area contributed by atoms with Crippen molar-refractivity contribution in [2.75, 3.05) is 13.1 Å². The number of piperidine rings is 1. The first-order valence-corrected chi connectivity index (χ1v) is 7.29. The van der Waals surface area contributed by atoms with E-state index in [-0.39, 0.29) is 11.9 Å². The van der Waals surface area contributed by atoms with Crippen molar-refractivity contribution in [2.45, 2.75) is 25.3 Å². The van der Waals surface area contributed by atoms with Gasteiger partial charge in [0.1, 0.15) is 0 Å². The molecule has 0 aromatic heterocycles. The molecule has 2 aromatic rings. The van der Waals surface area contributed by atoms with Crippen molar-refractivity contribution in [3.63, 3.8) is 0 Å². The molecule has 3 rings (SSSR count). The molecule has 0 aliphatic carbocycles. The van der Waals surface area contributed by atoms with Crippen LogP contribution in [0.25, 0.3) is 10.8 Å². The topological polar surface area (TPSA) is 41.1 Å². The molecule has 2 aromatic carbocycles. The molecule has 20 heavy (non-hydrogen) atoms. The molecule has 1 fully saturated rings. The zero-order chi connectivity index (χ0) is 13.8. The Kier molecular flexibility index (Phi) is 3.97. The maximum Gasteiger partial charge on any atom is 0.224 e. The lowest BCUT2D eigenvalue weighted by molar-refractivity contribution is -0.121. The zero-order valence-electron chi connectivity index (χ0n) is 11.6. The van der Waals surface area contributed by atoms with Crippen LogP contribution < -0.4 is 10.6 Å². The van der Waals surface area contributed by atoms with Gasteiger partial charge in [0.15, 0.2) is 0 Å². The second kappa shape index (κ2) is 6.06. The van der Waals surface area contributed by atoms with E-state index in [1.54, 1.807) is 0 Å². The summed E-state index contributed by atoms with van der Waals surface area (Å²) in [4.78, 5) is 12.1. The quantitative estimate of drug-likeness (QED) is 0.896. The predicted molar refractivity (Wildman–Crippen MR) is 81.7 cm³/mol. The highest BCUT2D eigenvalue weighted by Gasteiger charge is 2.15. The molecule has 1 aliphatic rings. The van der Waals surface area contributed by atoms with E-state index >= 15 is 0 Å². The van der Waals surface area contributed by atoms with Gasteiger partial charge in [0.05, 0.1) is 6.42 Å². The van der Waals surface area contributed by atoms with E-state index in [0.29, 0.717) is 6.42 Å². The summed E-state index contributed by atoms with van der Waals surface area (Å²) in [5.74, 6) is 0.119. The van der Waals surface area contributed by atoms with Crippen molar-refractivity contribution in [1.82, 2.24) is 10.6 Å². The molecule has 3 nitrogen and oxygen atoms in total. The van der Waals surface area contributed by atoms with Gasteiger partial charge >= 0.3 is 0 Å². The Labute approximate surface area is 119 Å². The molecule has 0 spiro atoms. The van der Waals surface area contributed by atoms with Crippen LogP contribution in [0.4, 0.5) is 0 Å². The minimum absolute atomic E-state index is 0.119. The summed E-state index contributed by atoms with van der Waals surface area (Å²) >= 11 is 0. The van der Waals surface area contributed by atoms with Crippen LogP contribution in [0.15, 0.2) is 42.5 Å². The Hall–Kier alpha value is -1.87. The normalized spacial score (nSPS) is 18.9. The maximum atomic E-state index is 12.1. The van der Waals surface area contributed by atoms with Gasteiger partial charge in [-0.15, -0.1) is 0 Å². The summed E-state index contributed by atoms with van der Waals surface area (Å²) in [7, 11) is 0. The lowest BCUT2D eigenvalue weighted by Gasteiger charge is -2.23. The van der Waals surface area contributed by atoms with Crippen LogP contribution in [-0.4, -0.2) is 25.0 Å². The molecule has 104 valence electrons. The van der Waals surface area contributed by atoms with Crippen molar-refractivity contribution in [3.05, 3.63) is 48.0 Å². The number of nitrogens with one attached hydrogen (secondary N) is 2. The molecule has 1 saturated heterocycles. The SMILES string of the molecule is O=C(Cc1ccc2ccccc2c1)N[C@H]1CCCNC1. The monoisotopic (exact) mass is 268 g/mol. The smallest absolute Gasteiger partial charge is 0.224 e. The number of carbonyl (C=O) groups excluding carboxylic acids is 1. The van der Waals surface area contributed by atoms with Gasteiger partial charge in [0.2, 0.25) is 5.91 Å². The maximum absolute atomic E-state index is 12.1. The van der Waals surface area contributed by atoms with Gasteiger partial charge in [-0.25, -0.2) is 0 Å². The van der Waals surface area contributed by atoms with Crippen molar-refractivity contribution in [2.24, 2.45) is 0 Å². The largest absolute Gasteiger partial charge is 0.352 e. The third kappa shape index (κ3) is 3.17. The zero-order valence-corrected chi connectivity index (χ0v) is 11.6. The lowest BCUT2D eigenvalue weighted by atomic mass is 10.0. The van der Waals surface area contributed by atoms with E-state index in [0.717, 1.165) is 31.5 Å². The minimum atomic E-state index is 0.119. The van der Waals surface area contributed by atoms with Gasteiger partial charge in [0.25, 0.3) is 0 Å². The summed E-state index contributed by atoms with van der Waals surface area (Å²) in [6.07, 6.45) is 2.68. The molecule has 1 atom stereocenters. The summed E-state index contributed by atoms with van der Waals surface area (Å²) in [5.41, 5.74) is 1.07. The first kappa shape index (κ1) is 13.1.